The average Bonchev–Trinajstić information content (AvgIpc) is 3.10. The van der Waals surface area contributed by atoms with Gasteiger partial charge in [-0.2, -0.15) is 13.2 Å². The molecule has 132 valence electrons. The lowest BCUT2D eigenvalue weighted by atomic mass is 10.1. The Bertz CT molecular complexity index is 758. The number of amides is 1. The average molecular weight is 365 g/mol. The monoisotopic (exact) mass is 365 g/mol. The third-order valence-electron chi connectivity index (χ3n) is 4.26. The van der Waals surface area contributed by atoms with Gasteiger partial charge in [0.15, 0.2) is 0 Å². The molecule has 1 amide bonds. The summed E-state index contributed by atoms with van der Waals surface area (Å²) in [5.41, 5.74) is 1.53. The lowest BCUT2D eigenvalue weighted by molar-refractivity contribution is -0.137. The summed E-state index contributed by atoms with van der Waals surface area (Å²) in [4.78, 5) is 14.5. The predicted octanol–water partition coefficient (Wildman–Crippen LogP) is 5.16. The molecule has 1 unspecified atom stereocenters. The molecule has 0 aromatic heterocycles. The number of rotatable bonds is 3. The van der Waals surface area contributed by atoms with Crippen LogP contribution in [0.15, 0.2) is 48.5 Å². The summed E-state index contributed by atoms with van der Waals surface area (Å²) in [7, 11) is 0. The van der Waals surface area contributed by atoms with E-state index in [1.807, 2.05) is 19.1 Å². The van der Waals surface area contributed by atoms with Gasteiger partial charge in [0.2, 0.25) is 0 Å². The Kier molecular flexibility index (Phi) is 5.08. The Morgan fingerprint density at radius 2 is 1.92 bits per heavy atom. The fourth-order valence-electron chi connectivity index (χ4n) is 2.87. The van der Waals surface area contributed by atoms with Crippen molar-refractivity contribution in [3.63, 3.8) is 0 Å². The van der Waals surface area contributed by atoms with E-state index in [9.17, 15) is 18.0 Å². The second-order valence-electron chi connectivity index (χ2n) is 5.90. The van der Waals surface area contributed by atoms with E-state index in [2.05, 4.69) is 0 Å². The number of carbonyl (C=O) groups is 1. The van der Waals surface area contributed by atoms with Gasteiger partial charge in [-0.05, 0) is 41.8 Å². The molecule has 1 aliphatic rings. The van der Waals surface area contributed by atoms with Gasteiger partial charge in [0.1, 0.15) is 5.37 Å². The maximum atomic E-state index is 13.0. The van der Waals surface area contributed by atoms with Gasteiger partial charge < -0.3 is 4.90 Å². The van der Waals surface area contributed by atoms with E-state index < -0.39 is 11.7 Å². The molecular weight excluding hydrogens is 347 g/mol. The number of nitrogens with zero attached hydrogens (tertiary/aromatic N) is 1. The first kappa shape index (κ1) is 17.9. The summed E-state index contributed by atoms with van der Waals surface area (Å²) in [6, 6.07) is 12.6. The molecule has 1 saturated heterocycles. The van der Waals surface area contributed by atoms with Crippen molar-refractivity contribution in [1.82, 2.24) is 4.90 Å². The fourth-order valence-corrected chi connectivity index (χ4v) is 4.12. The van der Waals surface area contributed by atoms with Crippen LogP contribution in [0.5, 0.6) is 0 Å². The number of halogens is 3. The summed E-state index contributed by atoms with van der Waals surface area (Å²) < 4.78 is 38.9. The van der Waals surface area contributed by atoms with Crippen molar-refractivity contribution < 1.29 is 18.0 Å². The van der Waals surface area contributed by atoms with Crippen molar-refractivity contribution in [2.75, 3.05) is 12.3 Å². The second-order valence-corrected chi connectivity index (χ2v) is 7.08. The van der Waals surface area contributed by atoms with Gasteiger partial charge in [-0.1, -0.05) is 31.2 Å². The molecular formula is C19H18F3NOS. The molecule has 1 heterocycles. The first-order valence-electron chi connectivity index (χ1n) is 8.09. The molecule has 1 aliphatic heterocycles. The second kappa shape index (κ2) is 7.12. The van der Waals surface area contributed by atoms with E-state index in [1.54, 1.807) is 23.1 Å². The highest BCUT2D eigenvalue weighted by Crippen LogP contribution is 2.40. The zero-order chi connectivity index (χ0) is 18.0. The molecule has 0 bridgehead atoms. The smallest absolute Gasteiger partial charge is 0.322 e. The minimum Gasteiger partial charge on any atom is -0.322 e. The van der Waals surface area contributed by atoms with E-state index in [0.29, 0.717) is 23.4 Å². The van der Waals surface area contributed by atoms with Crippen LogP contribution in [0.3, 0.4) is 0 Å². The first-order chi connectivity index (χ1) is 11.9. The highest BCUT2D eigenvalue weighted by atomic mass is 32.2. The van der Waals surface area contributed by atoms with E-state index in [0.717, 1.165) is 24.1 Å². The lowest BCUT2D eigenvalue weighted by Gasteiger charge is -2.25. The molecule has 0 radical (unpaired) electrons. The highest BCUT2D eigenvalue weighted by molar-refractivity contribution is 7.99. The van der Waals surface area contributed by atoms with Gasteiger partial charge >= 0.3 is 6.18 Å². The Balaban J connectivity index is 1.86. The van der Waals surface area contributed by atoms with Crippen LogP contribution in [-0.4, -0.2) is 23.1 Å². The highest BCUT2D eigenvalue weighted by Gasteiger charge is 2.34. The van der Waals surface area contributed by atoms with Gasteiger partial charge in [-0.15, -0.1) is 11.8 Å². The molecule has 1 atom stereocenters. The number of hydrogen-bond donors (Lipinski definition) is 0. The molecule has 2 aromatic rings. The van der Waals surface area contributed by atoms with Crippen LogP contribution in [0.2, 0.25) is 0 Å². The number of hydrogen-bond acceptors (Lipinski definition) is 2. The van der Waals surface area contributed by atoms with Crippen LogP contribution < -0.4 is 0 Å². The molecule has 3 rings (SSSR count). The van der Waals surface area contributed by atoms with Crippen molar-refractivity contribution in [2.45, 2.75) is 24.9 Å². The molecule has 0 N–H and O–H groups in total. The molecule has 0 saturated carbocycles. The fraction of sp³-hybridized carbons (Fsp3) is 0.316. The normalized spacial score (nSPS) is 17.8. The van der Waals surface area contributed by atoms with E-state index >= 15 is 0 Å². The number of thioether (sulfide) groups is 1. The summed E-state index contributed by atoms with van der Waals surface area (Å²) in [6.07, 6.45) is -3.50. The molecule has 2 nitrogen and oxygen atoms in total. The summed E-state index contributed by atoms with van der Waals surface area (Å²) >= 11 is 1.49. The quantitative estimate of drug-likeness (QED) is 0.749. The van der Waals surface area contributed by atoms with Gasteiger partial charge in [-0.3, -0.25) is 4.79 Å². The molecule has 0 aliphatic carbocycles. The number of alkyl halides is 3. The maximum absolute atomic E-state index is 13.0. The molecule has 0 spiro atoms. The van der Waals surface area contributed by atoms with E-state index in [-0.39, 0.29) is 11.3 Å². The zero-order valence-electron chi connectivity index (χ0n) is 13.7. The number of aryl methyl sites for hydroxylation is 1. The van der Waals surface area contributed by atoms with Gasteiger partial charge in [0.25, 0.3) is 5.91 Å². The lowest BCUT2D eigenvalue weighted by Crippen LogP contribution is -2.30. The third kappa shape index (κ3) is 3.84. The van der Waals surface area contributed by atoms with Crippen LogP contribution in [-0.2, 0) is 12.6 Å². The van der Waals surface area contributed by atoms with Crippen molar-refractivity contribution in [3.8, 4) is 0 Å². The molecule has 2 aromatic carbocycles. The van der Waals surface area contributed by atoms with Crippen molar-refractivity contribution in [1.29, 1.82) is 0 Å². The van der Waals surface area contributed by atoms with Crippen LogP contribution in [0.25, 0.3) is 0 Å². The SMILES string of the molecule is CCc1ccc(C(=O)N2CCSC2c2cccc(C(F)(F)F)c2)cc1. The summed E-state index contributed by atoms with van der Waals surface area (Å²) in [6.45, 7) is 2.57. The predicted molar refractivity (Wildman–Crippen MR) is 93.5 cm³/mol. The maximum Gasteiger partial charge on any atom is 0.416 e. The van der Waals surface area contributed by atoms with Crippen LogP contribution >= 0.6 is 11.8 Å². The minimum absolute atomic E-state index is 0.143. The first-order valence-corrected chi connectivity index (χ1v) is 9.13. The zero-order valence-corrected chi connectivity index (χ0v) is 14.5. The van der Waals surface area contributed by atoms with Crippen molar-refractivity contribution >= 4 is 17.7 Å². The largest absolute Gasteiger partial charge is 0.416 e. The Labute approximate surface area is 149 Å². The molecule has 1 fully saturated rings. The van der Waals surface area contributed by atoms with Crippen LogP contribution in [0.4, 0.5) is 13.2 Å². The molecule has 25 heavy (non-hydrogen) atoms. The topological polar surface area (TPSA) is 20.3 Å². The number of benzene rings is 2. The van der Waals surface area contributed by atoms with Gasteiger partial charge in [-0.25, -0.2) is 0 Å². The van der Waals surface area contributed by atoms with Gasteiger partial charge in [0, 0.05) is 17.9 Å². The van der Waals surface area contributed by atoms with Crippen LogP contribution in [0, 0.1) is 0 Å². The van der Waals surface area contributed by atoms with E-state index in [4.69, 9.17) is 0 Å². The molecule has 6 heteroatoms. The third-order valence-corrected chi connectivity index (χ3v) is 5.52. The standard InChI is InChI=1S/C19H18F3NOS/c1-2-13-6-8-14(9-7-13)17(24)23-10-11-25-18(23)15-4-3-5-16(12-15)19(20,21)22/h3-9,12,18H,2,10-11H2,1H3. The van der Waals surface area contributed by atoms with Crippen LogP contribution in [0.1, 0.15) is 39.3 Å². The van der Waals surface area contributed by atoms with Crippen molar-refractivity contribution in [3.05, 3.63) is 70.8 Å². The van der Waals surface area contributed by atoms with E-state index in [1.165, 1.54) is 17.8 Å². The summed E-state index contributed by atoms with van der Waals surface area (Å²) in [5.74, 6) is 0.565. The Morgan fingerprint density at radius 1 is 1.20 bits per heavy atom. The number of carbonyl (C=O) groups excluding carboxylic acids is 1. The minimum atomic E-state index is -4.38. The Morgan fingerprint density at radius 3 is 2.56 bits per heavy atom. The Hall–Kier alpha value is -1.95. The van der Waals surface area contributed by atoms with Gasteiger partial charge in [0.05, 0.1) is 5.56 Å². The van der Waals surface area contributed by atoms with Crippen molar-refractivity contribution in [2.24, 2.45) is 0 Å². The summed E-state index contributed by atoms with van der Waals surface area (Å²) in [5, 5.41) is -0.388.